The van der Waals surface area contributed by atoms with Crippen LogP contribution in [0.4, 0.5) is 0 Å². The summed E-state index contributed by atoms with van der Waals surface area (Å²) in [6, 6.07) is 0. The zero-order valence-electron chi connectivity index (χ0n) is 1.36. The third-order valence-electron chi connectivity index (χ3n) is 0. The van der Waals surface area contributed by atoms with Gasteiger partial charge in [-0.2, -0.15) is 0 Å². The summed E-state index contributed by atoms with van der Waals surface area (Å²) in [7, 11) is 9.28. The van der Waals surface area contributed by atoms with Crippen LogP contribution in [0.1, 0.15) is 0 Å². The van der Waals surface area contributed by atoms with E-state index >= 15 is 0 Å². The molecule has 0 amide bonds. The molecule has 0 rings (SSSR count). The molecule has 0 aromatic rings. The molecule has 0 bridgehead atoms. The standard InChI is InChI=1S/ClH.Ga.Na.S.H/h1H;;;;/q;+1;;;/p-1. The van der Waals surface area contributed by atoms with Crippen LogP contribution in [0.3, 0.4) is 0 Å². The minimum atomic E-state index is -0.632. The average Bonchev–Trinajstić information content (AvgIpc) is 0.918. The van der Waals surface area contributed by atoms with Gasteiger partial charge in [0.1, 0.15) is 0 Å². The molecule has 0 spiro atoms. The van der Waals surface area contributed by atoms with Gasteiger partial charge in [0, 0.05) is 0 Å². The third kappa shape index (κ3) is 8.91. The molecule has 18 valence electrons. The Morgan fingerprint density at radius 1 is 1.75 bits per heavy atom. The van der Waals surface area contributed by atoms with Gasteiger partial charge in [-0.05, 0) is 0 Å². The predicted molar refractivity (Wildman–Crippen MR) is 26.3 cm³/mol. The molecule has 0 fully saturated rings. The van der Waals surface area contributed by atoms with E-state index in [1.165, 1.54) is 0 Å². The van der Waals surface area contributed by atoms with Crippen molar-refractivity contribution in [1.82, 2.24) is 0 Å². The summed E-state index contributed by atoms with van der Waals surface area (Å²) < 4.78 is 0. The van der Waals surface area contributed by atoms with Crippen molar-refractivity contribution in [2.75, 3.05) is 0 Å². The summed E-state index contributed by atoms with van der Waals surface area (Å²) in [5.74, 6) is 0. The fraction of sp³-hybridized carbons (Fsp3) is 0. The normalized spacial score (nSPS) is 2.25. The number of hydrogen-bond acceptors (Lipinski definition) is 1. The van der Waals surface area contributed by atoms with E-state index in [1.54, 1.807) is 0 Å². The van der Waals surface area contributed by atoms with E-state index in [4.69, 9.17) is 9.64 Å². The molecule has 0 saturated carbocycles. The van der Waals surface area contributed by atoms with Gasteiger partial charge < -0.3 is 0 Å². The van der Waals surface area contributed by atoms with E-state index in [2.05, 4.69) is 10.1 Å². The maximum atomic E-state index is 4.97. The van der Waals surface area contributed by atoms with Gasteiger partial charge in [0.2, 0.25) is 0 Å². The Labute approximate surface area is 63.0 Å². The Morgan fingerprint density at radius 3 is 1.75 bits per heavy atom. The quantitative estimate of drug-likeness (QED) is 0.461. The second kappa shape index (κ2) is 8.94. The average molecular weight is 161 g/mol. The molecule has 4 heavy (non-hydrogen) atoms. The molecule has 0 nitrogen and oxygen atoms in total. The summed E-state index contributed by atoms with van der Waals surface area (Å²) in [5.41, 5.74) is 0. The first-order valence-corrected chi connectivity index (χ1v) is 7.08. The first kappa shape index (κ1) is 9.47. The van der Waals surface area contributed by atoms with Crippen molar-refractivity contribution in [1.29, 1.82) is 0 Å². The van der Waals surface area contributed by atoms with Crippen LogP contribution in [0.15, 0.2) is 0 Å². The molecule has 0 radical (unpaired) electrons. The second-order valence-electron chi connectivity index (χ2n) is 0.0891. The Hall–Kier alpha value is 2.15. The van der Waals surface area contributed by atoms with Crippen LogP contribution in [-0.2, 0) is 0 Å². The number of halogens is 1. The van der Waals surface area contributed by atoms with Gasteiger partial charge in [-0.3, -0.25) is 0 Å². The van der Waals surface area contributed by atoms with Gasteiger partial charge >= 0.3 is 63.9 Å². The molecule has 0 saturated heterocycles. The van der Waals surface area contributed by atoms with E-state index in [0.717, 1.165) is 0 Å². The van der Waals surface area contributed by atoms with Gasteiger partial charge in [-0.1, -0.05) is 0 Å². The Kier molecular flexibility index (Phi) is 21.2. The zero-order chi connectivity index (χ0) is 2.71. The van der Waals surface area contributed by atoms with Crippen LogP contribution in [0, 0.1) is 0 Å². The molecule has 0 aromatic heterocycles. The number of hydrogen-bond donors (Lipinski definition) is 0. The van der Waals surface area contributed by atoms with Crippen molar-refractivity contribution < 1.29 is 0 Å². The zero-order valence-corrected chi connectivity index (χ0v) is 5.36. The van der Waals surface area contributed by atoms with Gasteiger partial charge in [-0.25, -0.2) is 0 Å². The molecule has 0 aliphatic heterocycles. The molecule has 0 heterocycles. The molecule has 0 aromatic carbocycles. The third-order valence-corrected chi connectivity index (χ3v) is 0. The molecule has 0 N–H and O–H groups in total. The van der Waals surface area contributed by atoms with Gasteiger partial charge in [0.15, 0.2) is 0 Å². The van der Waals surface area contributed by atoms with Crippen LogP contribution in [0.2, 0.25) is 0 Å². The molecule has 0 aliphatic carbocycles. The molecule has 0 unspecified atom stereocenters. The predicted octanol–water partition coefficient (Wildman–Crippen LogP) is 0.308. The van der Waals surface area contributed by atoms with Gasteiger partial charge in [0.05, 0.1) is 0 Å². The van der Waals surface area contributed by atoms with E-state index < -0.39 is 14.6 Å². The fourth-order valence-electron chi connectivity index (χ4n) is 0. The van der Waals surface area contributed by atoms with Crippen LogP contribution < -0.4 is 0 Å². The van der Waals surface area contributed by atoms with E-state index in [1.807, 2.05) is 0 Å². The van der Waals surface area contributed by atoms with E-state index in [9.17, 15) is 0 Å². The van der Waals surface area contributed by atoms with E-state index in [-0.39, 0.29) is 29.6 Å². The Balaban J connectivity index is 0. The fourth-order valence-corrected chi connectivity index (χ4v) is 0. The first-order valence-electron chi connectivity index (χ1n) is 0.454. The summed E-state index contributed by atoms with van der Waals surface area (Å²) in [4.78, 5) is 0. The monoisotopic (exact) mass is 160 g/mol. The van der Waals surface area contributed by atoms with Crippen molar-refractivity contribution >= 4 is 63.9 Å². The molecular formula is HClGaNaS. The second-order valence-corrected chi connectivity index (χ2v) is 4.17. The van der Waals surface area contributed by atoms with Gasteiger partial charge in [0.25, 0.3) is 0 Å². The SMILES string of the molecule is [NaH].[S]=[Ga][Cl]. The van der Waals surface area contributed by atoms with Crippen molar-refractivity contribution in [3.8, 4) is 0 Å². The van der Waals surface area contributed by atoms with Crippen LogP contribution in [0.5, 0.6) is 0 Å². The van der Waals surface area contributed by atoms with Crippen LogP contribution in [-0.4, -0.2) is 44.2 Å². The Morgan fingerprint density at radius 2 is 1.75 bits per heavy atom. The van der Waals surface area contributed by atoms with Crippen molar-refractivity contribution in [2.45, 2.75) is 0 Å². The molecule has 0 atom stereocenters. The first-order chi connectivity index (χ1) is 1.41. The summed E-state index contributed by atoms with van der Waals surface area (Å²) >= 11 is -0.632. The summed E-state index contributed by atoms with van der Waals surface area (Å²) in [6.07, 6.45) is 0. The summed E-state index contributed by atoms with van der Waals surface area (Å²) in [6.45, 7) is 0. The van der Waals surface area contributed by atoms with E-state index in [0.29, 0.717) is 0 Å². The van der Waals surface area contributed by atoms with Gasteiger partial charge in [-0.15, -0.1) is 0 Å². The van der Waals surface area contributed by atoms with Crippen molar-refractivity contribution in [3.05, 3.63) is 0 Å². The molecule has 4 heteroatoms. The van der Waals surface area contributed by atoms with Crippen LogP contribution in [0.25, 0.3) is 0 Å². The number of rotatable bonds is 0. The molecule has 0 aliphatic rings. The van der Waals surface area contributed by atoms with Crippen molar-refractivity contribution in [2.24, 2.45) is 0 Å². The topological polar surface area (TPSA) is 0 Å². The van der Waals surface area contributed by atoms with Crippen molar-refractivity contribution in [3.63, 3.8) is 0 Å². The van der Waals surface area contributed by atoms with Crippen LogP contribution >= 0.6 is 19.7 Å². The molecular weight excluding hydrogens is 160 g/mol. The minimum absolute atomic E-state index is 0. The Bertz CT molecular complexity index is 15.5. The maximum absolute atomic E-state index is 4.97. The summed E-state index contributed by atoms with van der Waals surface area (Å²) in [5, 5.41) is 0.